The number of benzene rings is 1. The molecule has 154 valence electrons. The molecule has 0 bridgehead atoms. The Labute approximate surface area is 168 Å². The third kappa shape index (κ3) is 5.61. The number of aromatic nitrogens is 1. The third-order valence-corrected chi connectivity index (χ3v) is 4.49. The van der Waals surface area contributed by atoms with Crippen LogP contribution in [-0.4, -0.2) is 41.6 Å². The highest BCUT2D eigenvalue weighted by molar-refractivity contribution is 6.00. The highest BCUT2D eigenvalue weighted by Crippen LogP contribution is 2.21. The number of carbonyl (C=O) groups is 2. The molecule has 0 aliphatic carbocycles. The number of nitro groups is 1. The van der Waals surface area contributed by atoms with Crippen molar-refractivity contribution in [2.75, 3.05) is 20.3 Å². The Morgan fingerprint density at radius 3 is 2.48 bits per heavy atom. The van der Waals surface area contributed by atoms with E-state index in [0.717, 1.165) is 11.4 Å². The van der Waals surface area contributed by atoms with Crippen LogP contribution < -0.4 is 0 Å². The van der Waals surface area contributed by atoms with Gasteiger partial charge in [-0.3, -0.25) is 14.9 Å². The average molecular weight is 400 g/mol. The van der Waals surface area contributed by atoms with Crippen molar-refractivity contribution in [2.45, 2.75) is 26.8 Å². The monoisotopic (exact) mass is 400 g/mol. The second kappa shape index (κ2) is 9.79. The SMILES string of the molecule is COC[C@H](C)n1c(C)cc(C(=O)COC(=O)/C=C/c2ccc([N+](=O)[O-])cc2)c1C. The highest BCUT2D eigenvalue weighted by Gasteiger charge is 2.19. The van der Waals surface area contributed by atoms with Gasteiger partial charge in [-0.1, -0.05) is 0 Å². The minimum absolute atomic E-state index is 0.0345. The van der Waals surface area contributed by atoms with Crippen molar-refractivity contribution in [1.29, 1.82) is 0 Å². The minimum Gasteiger partial charge on any atom is -0.454 e. The summed E-state index contributed by atoms with van der Waals surface area (Å²) in [6.07, 6.45) is 2.65. The fraction of sp³-hybridized carbons (Fsp3) is 0.333. The van der Waals surface area contributed by atoms with Crippen LogP contribution in [0.4, 0.5) is 5.69 Å². The number of carbonyl (C=O) groups excluding carboxylic acids is 2. The van der Waals surface area contributed by atoms with E-state index in [0.29, 0.717) is 17.7 Å². The van der Waals surface area contributed by atoms with Crippen molar-refractivity contribution >= 4 is 23.5 Å². The van der Waals surface area contributed by atoms with Crippen LogP contribution in [0.15, 0.2) is 36.4 Å². The third-order valence-electron chi connectivity index (χ3n) is 4.49. The number of nitrogens with zero attached hydrogens (tertiary/aromatic N) is 2. The van der Waals surface area contributed by atoms with E-state index in [1.807, 2.05) is 25.3 Å². The Morgan fingerprint density at radius 2 is 1.90 bits per heavy atom. The summed E-state index contributed by atoms with van der Waals surface area (Å²) in [6.45, 7) is 5.91. The summed E-state index contributed by atoms with van der Waals surface area (Å²) < 4.78 is 12.2. The number of ether oxygens (including phenoxy) is 2. The van der Waals surface area contributed by atoms with Gasteiger partial charge in [-0.2, -0.15) is 0 Å². The summed E-state index contributed by atoms with van der Waals surface area (Å²) in [4.78, 5) is 34.5. The maximum Gasteiger partial charge on any atom is 0.331 e. The molecule has 0 spiro atoms. The number of non-ortho nitro benzene ring substituents is 1. The molecule has 1 aromatic heterocycles. The lowest BCUT2D eigenvalue weighted by Gasteiger charge is -2.17. The summed E-state index contributed by atoms with van der Waals surface area (Å²) >= 11 is 0. The number of aryl methyl sites for hydroxylation is 1. The molecule has 2 aromatic rings. The molecule has 2 rings (SSSR count). The van der Waals surface area contributed by atoms with Gasteiger partial charge in [0.25, 0.3) is 5.69 Å². The number of nitro benzene ring substituents is 1. The molecule has 0 N–H and O–H groups in total. The Bertz CT molecular complexity index is 927. The Morgan fingerprint density at radius 1 is 1.24 bits per heavy atom. The Kier molecular flexibility index (Phi) is 7.44. The van der Waals surface area contributed by atoms with Gasteiger partial charge in [-0.15, -0.1) is 0 Å². The molecule has 0 saturated carbocycles. The van der Waals surface area contributed by atoms with Crippen LogP contribution in [0.3, 0.4) is 0 Å². The first kappa shape index (κ1) is 22.0. The first-order chi connectivity index (χ1) is 13.7. The number of ketones is 1. The van der Waals surface area contributed by atoms with Crippen molar-refractivity contribution in [2.24, 2.45) is 0 Å². The number of hydrogen-bond acceptors (Lipinski definition) is 6. The van der Waals surface area contributed by atoms with Gasteiger partial charge in [0.1, 0.15) is 0 Å². The predicted octanol–water partition coefficient (Wildman–Crippen LogP) is 3.66. The predicted molar refractivity (Wildman–Crippen MR) is 108 cm³/mol. The molecule has 0 saturated heterocycles. The lowest BCUT2D eigenvalue weighted by Crippen LogP contribution is -2.16. The van der Waals surface area contributed by atoms with E-state index >= 15 is 0 Å². The molecular weight excluding hydrogens is 376 g/mol. The van der Waals surface area contributed by atoms with Gasteiger partial charge in [-0.05, 0) is 50.6 Å². The Hall–Kier alpha value is -3.26. The molecule has 0 radical (unpaired) electrons. The largest absolute Gasteiger partial charge is 0.454 e. The summed E-state index contributed by atoms with van der Waals surface area (Å²) in [5, 5.41) is 10.6. The van der Waals surface area contributed by atoms with E-state index in [2.05, 4.69) is 0 Å². The molecule has 1 heterocycles. The van der Waals surface area contributed by atoms with Crippen LogP contribution in [0, 0.1) is 24.0 Å². The quantitative estimate of drug-likeness (QED) is 0.209. The zero-order valence-corrected chi connectivity index (χ0v) is 16.9. The zero-order chi connectivity index (χ0) is 21.6. The number of hydrogen-bond donors (Lipinski definition) is 0. The van der Waals surface area contributed by atoms with Crippen molar-refractivity contribution in [3.05, 3.63) is 69.0 Å². The summed E-state index contributed by atoms with van der Waals surface area (Å²) in [7, 11) is 1.63. The lowest BCUT2D eigenvalue weighted by molar-refractivity contribution is -0.384. The van der Waals surface area contributed by atoms with Gasteiger partial charge >= 0.3 is 5.97 Å². The van der Waals surface area contributed by atoms with Crippen LogP contribution >= 0.6 is 0 Å². The number of rotatable bonds is 9. The van der Waals surface area contributed by atoms with Crippen LogP contribution in [0.1, 0.15) is 40.3 Å². The fourth-order valence-electron chi connectivity index (χ4n) is 3.19. The van der Waals surface area contributed by atoms with E-state index in [1.54, 1.807) is 13.2 Å². The van der Waals surface area contributed by atoms with Crippen molar-refractivity contribution < 1.29 is 24.0 Å². The molecule has 0 amide bonds. The smallest absolute Gasteiger partial charge is 0.331 e. The number of methoxy groups -OCH3 is 1. The van der Waals surface area contributed by atoms with Crippen LogP contribution in [-0.2, 0) is 14.3 Å². The Balaban J connectivity index is 1.97. The van der Waals surface area contributed by atoms with Gasteiger partial charge < -0.3 is 14.0 Å². The van der Waals surface area contributed by atoms with E-state index in [-0.39, 0.29) is 24.1 Å². The molecule has 29 heavy (non-hydrogen) atoms. The first-order valence-corrected chi connectivity index (χ1v) is 9.04. The summed E-state index contributed by atoms with van der Waals surface area (Å²) in [6, 6.07) is 7.58. The zero-order valence-electron chi connectivity index (χ0n) is 16.9. The van der Waals surface area contributed by atoms with Crippen molar-refractivity contribution in [1.82, 2.24) is 4.57 Å². The van der Waals surface area contributed by atoms with Crippen molar-refractivity contribution in [3.8, 4) is 0 Å². The van der Waals surface area contributed by atoms with Gasteiger partial charge in [0.05, 0.1) is 17.6 Å². The van der Waals surface area contributed by atoms with Crippen molar-refractivity contribution in [3.63, 3.8) is 0 Å². The number of esters is 1. The average Bonchev–Trinajstić information content (AvgIpc) is 2.99. The lowest BCUT2D eigenvalue weighted by atomic mass is 10.1. The molecule has 1 aromatic carbocycles. The molecule has 8 nitrogen and oxygen atoms in total. The number of Topliss-reactive ketones (excluding diaryl/α,β-unsaturated/α-hetero) is 1. The molecule has 0 unspecified atom stereocenters. The minimum atomic E-state index is -0.668. The molecule has 0 aliphatic rings. The molecule has 0 aliphatic heterocycles. The normalized spacial score (nSPS) is 12.1. The molecule has 8 heteroatoms. The van der Waals surface area contributed by atoms with Gasteiger partial charge in [0.2, 0.25) is 5.78 Å². The maximum atomic E-state index is 12.5. The molecular formula is C21H24N2O6. The standard InChI is InChI=1S/C21H24N2O6/c1-14-11-19(16(3)22(14)15(2)12-28-4)20(24)13-29-21(25)10-7-17-5-8-18(9-6-17)23(26)27/h5-11,15H,12-13H2,1-4H3/b10-7+/t15-/m0/s1. The fourth-order valence-corrected chi connectivity index (χ4v) is 3.19. The van der Waals surface area contributed by atoms with E-state index < -0.39 is 10.9 Å². The summed E-state index contributed by atoms with van der Waals surface area (Å²) in [5.41, 5.74) is 2.81. The van der Waals surface area contributed by atoms with Crippen LogP contribution in [0.2, 0.25) is 0 Å². The van der Waals surface area contributed by atoms with Gasteiger partial charge in [0, 0.05) is 42.3 Å². The van der Waals surface area contributed by atoms with Gasteiger partial charge in [-0.25, -0.2) is 4.79 Å². The van der Waals surface area contributed by atoms with E-state index in [4.69, 9.17) is 9.47 Å². The highest BCUT2D eigenvalue weighted by atomic mass is 16.6. The summed E-state index contributed by atoms with van der Waals surface area (Å²) in [5.74, 6) is -0.954. The van der Waals surface area contributed by atoms with E-state index in [1.165, 1.54) is 36.4 Å². The first-order valence-electron chi connectivity index (χ1n) is 9.04. The molecule has 1 atom stereocenters. The molecule has 0 fully saturated rings. The topological polar surface area (TPSA) is 101 Å². The van der Waals surface area contributed by atoms with E-state index in [9.17, 15) is 19.7 Å². The second-order valence-corrected chi connectivity index (χ2v) is 6.67. The van der Waals surface area contributed by atoms with Crippen LogP contribution in [0.25, 0.3) is 6.08 Å². The van der Waals surface area contributed by atoms with Crippen LogP contribution in [0.5, 0.6) is 0 Å². The second-order valence-electron chi connectivity index (χ2n) is 6.67. The maximum absolute atomic E-state index is 12.5. The van der Waals surface area contributed by atoms with Gasteiger partial charge in [0.15, 0.2) is 6.61 Å².